The first-order valence-corrected chi connectivity index (χ1v) is 17.7. The first-order chi connectivity index (χ1) is 23.0. The Morgan fingerprint density at radius 1 is 0.854 bits per heavy atom. The van der Waals surface area contributed by atoms with Gasteiger partial charge in [-0.15, -0.1) is 0 Å². The summed E-state index contributed by atoms with van der Waals surface area (Å²) in [6.45, 7) is 13.4. The summed E-state index contributed by atoms with van der Waals surface area (Å²) < 4.78 is 8.07. The lowest BCUT2D eigenvalue weighted by Gasteiger charge is -2.32. The highest BCUT2D eigenvalue weighted by molar-refractivity contribution is 6.31. The number of amides is 3. The molecule has 3 aromatic rings. The lowest BCUT2D eigenvalue weighted by molar-refractivity contribution is -0.130. The van der Waals surface area contributed by atoms with Crippen LogP contribution in [0.25, 0.3) is 5.69 Å². The molecule has 0 radical (unpaired) electrons. The van der Waals surface area contributed by atoms with E-state index in [4.69, 9.17) is 27.9 Å². The number of carbonyl (C=O) groups is 3. The van der Waals surface area contributed by atoms with Gasteiger partial charge in [0.15, 0.2) is 0 Å². The Morgan fingerprint density at radius 3 is 2.15 bits per heavy atom. The zero-order chi connectivity index (χ0) is 34.1. The molecule has 0 bridgehead atoms. The highest BCUT2D eigenvalue weighted by Gasteiger charge is 2.42. The van der Waals surface area contributed by atoms with Crippen molar-refractivity contribution in [2.45, 2.75) is 53.1 Å². The molecule has 3 fully saturated rings. The van der Waals surface area contributed by atoms with Gasteiger partial charge < -0.3 is 24.0 Å². The summed E-state index contributed by atoms with van der Waals surface area (Å²) in [6.07, 6.45) is 1.43. The maximum Gasteiger partial charge on any atom is 0.414 e. The fourth-order valence-corrected chi connectivity index (χ4v) is 7.90. The fourth-order valence-electron chi connectivity index (χ4n) is 7.55. The topological polar surface area (TPSA) is 78.3 Å². The van der Waals surface area contributed by atoms with Crippen LogP contribution in [0, 0.1) is 32.6 Å². The van der Waals surface area contributed by atoms with Crippen LogP contribution in [-0.4, -0.2) is 95.6 Å². The van der Waals surface area contributed by atoms with E-state index in [0.29, 0.717) is 59.9 Å². The predicted molar refractivity (Wildman–Crippen MR) is 189 cm³/mol. The number of aromatic nitrogens is 1. The van der Waals surface area contributed by atoms with E-state index in [0.717, 1.165) is 67.5 Å². The molecule has 3 aliphatic rings. The van der Waals surface area contributed by atoms with E-state index in [1.54, 1.807) is 22.8 Å². The van der Waals surface area contributed by atoms with Crippen molar-refractivity contribution in [3.63, 3.8) is 0 Å². The number of ether oxygens (including phenoxy) is 1. The normalized spacial score (nSPS) is 19.9. The van der Waals surface area contributed by atoms with Gasteiger partial charge in [-0.3, -0.25) is 14.5 Å². The second kappa shape index (κ2) is 14.5. The Kier molecular flexibility index (Phi) is 10.4. The van der Waals surface area contributed by atoms with Gasteiger partial charge in [0.1, 0.15) is 6.10 Å². The van der Waals surface area contributed by atoms with Crippen molar-refractivity contribution < 1.29 is 19.1 Å². The molecule has 3 aliphatic heterocycles. The lowest BCUT2D eigenvalue weighted by Crippen LogP contribution is -2.43. The predicted octanol–water partition coefficient (Wildman–Crippen LogP) is 6.76. The highest BCUT2D eigenvalue weighted by Crippen LogP contribution is 2.34. The molecule has 3 saturated heterocycles. The van der Waals surface area contributed by atoms with E-state index in [9.17, 15) is 14.4 Å². The van der Waals surface area contributed by atoms with E-state index in [-0.39, 0.29) is 24.0 Å². The second-order valence-electron chi connectivity index (χ2n) is 13.6. The summed E-state index contributed by atoms with van der Waals surface area (Å²) in [5.41, 5.74) is 5.31. The van der Waals surface area contributed by atoms with Crippen LogP contribution in [0.15, 0.2) is 48.5 Å². The van der Waals surface area contributed by atoms with E-state index >= 15 is 0 Å². The van der Waals surface area contributed by atoms with Crippen molar-refractivity contribution in [2.24, 2.45) is 11.8 Å². The molecule has 48 heavy (non-hydrogen) atoms. The Labute approximate surface area is 293 Å². The smallest absolute Gasteiger partial charge is 0.414 e. The summed E-state index contributed by atoms with van der Waals surface area (Å²) in [5.74, 6) is 0.891. The average Bonchev–Trinajstić information content (AvgIpc) is 3.73. The van der Waals surface area contributed by atoms with Crippen molar-refractivity contribution in [3.05, 3.63) is 81.1 Å². The number of fused-ring (bicyclic) bond motifs is 1. The third-order valence-electron chi connectivity index (χ3n) is 10.2. The number of nitrogens with zero attached hydrogens (tertiary/aromatic N) is 5. The Hall–Kier alpha value is -3.53. The minimum Gasteiger partial charge on any atom is -0.446 e. The molecule has 6 rings (SSSR count). The second-order valence-corrected chi connectivity index (χ2v) is 14.5. The summed E-state index contributed by atoms with van der Waals surface area (Å²) in [6, 6.07) is 15.4. The van der Waals surface area contributed by atoms with Crippen molar-refractivity contribution in [1.29, 1.82) is 0 Å². The first-order valence-electron chi connectivity index (χ1n) is 16.9. The summed E-state index contributed by atoms with van der Waals surface area (Å²) >= 11 is 12.9. The molecule has 9 nitrogen and oxygen atoms in total. The maximum atomic E-state index is 13.9. The van der Waals surface area contributed by atoms with Gasteiger partial charge in [-0.1, -0.05) is 29.3 Å². The number of anilines is 1. The molecular formula is C37H45Cl2N5O4. The number of benzene rings is 2. The molecule has 2 unspecified atom stereocenters. The van der Waals surface area contributed by atoms with Gasteiger partial charge >= 0.3 is 6.09 Å². The van der Waals surface area contributed by atoms with Gasteiger partial charge in [-0.25, -0.2) is 4.79 Å². The number of aryl methyl sites for hydroxylation is 3. The van der Waals surface area contributed by atoms with Crippen LogP contribution in [0.1, 0.15) is 53.5 Å². The van der Waals surface area contributed by atoms with Gasteiger partial charge in [0.2, 0.25) is 5.91 Å². The molecule has 3 amide bonds. The third-order valence-corrected chi connectivity index (χ3v) is 10.9. The zero-order valence-electron chi connectivity index (χ0n) is 28.3. The van der Waals surface area contributed by atoms with Crippen LogP contribution in [-0.2, 0) is 9.53 Å². The van der Waals surface area contributed by atoms with Crippen LogP contribution in [0.2, 0.25) is 10.0 Å². The molecule has 0 saturated carbocycles. The minimum atomic E-state index is -0.380. The number of carbonyl (C=O) groups excluding carboxylic acids is 3. The van der Waals surface area contributed by atoms with Crippen molar-refractivity contribution in [3.8, 4) is 5.69 Å². The molecular weight excluding hydrogens is 649 g/mol. The van der Waals surface area contributed by atoms with Gasteiger partial charge in [-0.2, -0.15) is 0 Å². The number of halogens is 2. The number of hydrogen-bond acceptors (Lipinski definition) is 5. The Morgan fingerprint density at radius 2 is 1.52 bits per heavy atom. The molecule has 11 heteroatoms. The van der Waals surface area contributed by atoms with Gasteiger partial charge in [-0.05, 0) is 93.6 Å². The standard InChI is InChI=1S/C37H45Cl2N5O4/c1-24-6-10-31(19-34(24)39)43(37(47)48-32-12-16-41(17-13-32)27(4)45)15-5-14-40-20-28-22-42(23-29(28)21-40)36(46)33-18-30(38)9-11-35(33)44-25(2)7-8-26(44)3/h6-11,18-19,28-29,32H,5,12-17,20-23H2,1-4H3. The van der Waals surface area contributed by atoms with Gasteiger partial charge in [0.25, 0.3) is 5.91 Å². The monoisotopic (exact) mass is 693 g/mol. The molecule has 2 aromatic carbocycles. The van der Waals surface area contributed by atoms with Crippen molar-refractivity contribution in [2.75, 3.05) is 57.3 Å². The largest absolute Gasteiger partial charge is 0.446 e. The van der Waals surface area contributed by atoms with Crippen LogP contribution in [0.3, 0.4) is 0 Å². The fraction of sp³-hybridized carbons (Fsp3) is 0.486. The SMILES string of the molecule is CC(=O)N1CCC(OC(=O)N(CCCN2CC3CN(C(=O)c4cc(Cl)ccc4-n4c(C)ccc4C)CC3C2)c2ccc(C)c(Cl)c2)CC1. The van der Waals surface area contributed by atoms with Crippen LogP contribution in [0.5, 0.6) is 0 Å². The molecule has 0 aliphatic carbocycles. The van der Waals surface area contributed by atoms with Gasteiger partial charge in [0.05, 0.1) is 11.3 Å². The lowest BCUT2D eigenvalue weighted by atomic mass is 10.0. The Bertz CT molecular complexity index is 1650. The van der Waals surface area contributed by atoms with Crippen molar-refractivity contribution in [1.82, 2.24) is 19.3 Å². The number of piperidine rings is 1. The summed E-state index contributed by atoms with van der Waals surface area (Å²) in [7, 11) is 0. The third kappa shape index (κ3) is 7.38. The Balaban J connectivity index is 1.05. The number of hydrogen-bond donors (Lipinski definition) is 0. The van der Waals surface area contributed by atoms with E-state index in [1.165, 1.54) is 0 Å². The minimum absolute atomic E-state index is 0.0267. The van der Waals surface area contributed by atoms with E-state index in [1.807, 2.05) is 56.0 Å². The van der Waals surface area contributed by atoms with Crippen LogP contribution in [0.4, 0.5) is 10.5 Å². The zero-order valence-corrected chi connectivity index (χ0v) is 29.8. The molecule has 2 atom stereocenters. The molecule has 0 N–H and O–H groups in total. The average molecular weight is 695 g/mol. The summed E-state index contributed by atoms with van der Waals surface area (Å²) in [4.78, 5) is 47.1. The number of rotatable bonds is 8. The molecule has 0 spiro atoms. The molecule has 256 valence electrons. The summed E-state index contributed by atoms with van der Waals surface area (Å²) in [5, 5.41) is 1.16. The van der Waals surface area contributed by atoms with Crippen LogP contribution < -0.4 is 4.90 Å². The quantitative estimate of drug-likeness (QED) is 0.261. The maximum absolute atomic E-state index is 13.9. The first kappa shape index (κ1) is 34.3. The van der Waals surface area contributed by atoms with Gasteiger partial charge in [0, 0.05) is 92.7 Å². The highest BCUT2D eigenvalue weighted by atomic mass is 35.5. The molecule has 4 heterocycles. The van der Waals surface area contributed by atoms with Crippen LogP contribution >= 0.6 is 23.2 Å². The van der Waals surface area contributed by atoms with E-state index < -0.39 is 0 Å². The van der Waals surface area contributed by atoms with E-state index in [2.05, 4.69) is 21.6 Å². The molecule has 1 aromatic heterocycles. The number of likely N-dealkylation sites (tertiary alicyclic amines) is 3. The van der Waals surface area contributed by atoms with Crippen molar-refractivity contribution >= 4 is 46.8 Å².